The third kappa shape index (κ3) is 5.89. The van der Waals surface area contributed by atoms with Gasteiger partial charge >= 0.3 is 5.69 Å². The molecule has 204 valence electrons. The second kappa shape index (κ2) is 12.2. The molecule has 0 bridgehead atoms. The van der Waals surface area contributed by atoms with Gasteiger partial charge in [0.2, 0.25) is 0 Å². The lowest BCUT2D eigenvalue weighted by Crippen LogP contribution is -2.41. The molecule has 3 aromatic heterocycles. The number of aliphatic hydroxyl groups excluding tert-OH is 1. The van der Waals surface area contributed by atoms with E-state index in [0.29, 0.717) is 67.1 Å². The van der Waals surface area contributed by atoms with Crippen LogP contribution in [0.25, 0.3) is 11.2 Å². The van der Waals surface area contributed by atoms with Gasteiger partial charge in [0, 0.05) is 57.2 Å². The molecule has 0 saturated carbocycles. The van der Waals surface area contributed by atoms with Gasteiger partial charge < -0.3 is 25.7 Å². The average molecular weight is 526 g/mol. The monoisotopic (exact) mass is 525 g/mol. The SMILES string of the molecule is CCCn1c(=O)c2c(nc(Cc3cc[nH]c3)n2CCNCC(O)CC)n(CCc2ccc(N)cc2F)c1=O. The molecule has 0 spiro atoms. The van der Waals surface area contributed by atoms with Crippen LogP contribution < -0.4 is 22.3 Å². The number of aliphatic hydroxyl groups is 1. The number of nitrogens with two attached hydrogens (primary N) is 1. The summed E-state index contributed by atoms with van der Waals surface area (Å²) in [5, 5.41) is 13.1. The van der Waals surface area contributed by atoms with E-state index in [1.165, 1.54) is 15.2 Å². The van der Waals surface area contributed by atoms with Crippen molar-refractivity contribution in [3.8, 4) is 0 Å². The molecule has 0 radical (unpaired) electrons. The fourth-order valence-corrected chi connectivity index (χ4v) is 4.59. The molecule has 0 fully saturated rings. The van der Waals surface area contributed by atoms with E-state index in [1.54, 1.807) is 12.1 Å². The van der Waals surface area contributed by atoms with Crippen molar-refractivity contribution in [3.63, 3.8) is 0 Å². The second-order valence-electron chi connectivity index (χ2n) is 9.51. The molecule has 1 unspecified atom stereocenters. The molecule has 0 amide bonds. The van der Waals surface area contributed by atoms with Crippen LogP contribution in [0.5, 0.6) is 0 Å². The van der Waals surface area contributed by atoms with Gasteiger partial charge in [-0.15, -0.1) is 0 Å². The molecule has 4 aromatic rings. The number of hydrogen-bond donors (Lipinski definition) is 4. The van der Waals surface area contributed by atoms with Crippen molar-refractivity contribution in [2.45, 2.75) is 65.3 Å². The summed E-state index contributed by atoms with van der Waals surface area (Å²) in [6.45, 7) is 5.61. The van der Waals surface area contributed by atoms with Crippen LogP contribution in [-0.4, -0.2) is 48.0 Å². The van der Waals surface area contributed by atoms with E-state index in [0.717, 1.165) is 5.56 Å². The Morgan fingerprint density at radius 3 is 2.63 bits per heavy atom. The summed E-state index contributed by atoms with van der Waals surface area (Å²) in [5.41, 5.74) is 7.23. The van der Waals surface area contributed by atoms with Gasteiger partial charge in [0.15, 0.2) is 11.2 Å². The zero-order valence-electron chi connectivity index (χ0n) is 21.9. The molecule has 0 aliphatic rings. The fourth-order valence-electron chi connectivity index (χ4n) is 4.59. The summed E-state index contributed by atoms with van der Waals surface area (Å²) < 4.78 is 19.1. The van der Waals surface area contributed by atoms with E-state index in [2.05, 4.69) is 10.3 Å². The first-order valence-corrected chi connectivity index (χ1v) is 13.1. The number of aromatic nitrogens is 5. The van der Waals surface area contributed by atoms with Gasteiger partial charge in [-0.1, -0.05) is 19.9 Å². The van der Waals surface area contributed by atoms with Crippen LogP contribution >= 0.6 is 0 Å². The molecule has 11 heteroatoms. The molecule has 1 atom stereocenters. The number of imidazole rings is 1. The van der Waals surface area contributed by atoms with Crippen molar-refractivity contribution in [2.75, 3.05) is 18.8 Å². The Hall–Kier alpha value is -3.70. The fraction of sp³-hybridized carbons (Fsp3) is 0.444. The second-order valence-corrected chi connectivity index (χ2v) is 9.51. The van der Waals surface area contributed by atoms with Crippen molar-refractivity contribution in [3.05, 3.63) is 80.3 Å². The number of rotatable bonds is 13. The summed E-state index contributed by atoms with van der Waals surface area (Å²) in [6, 6.07) is 6.44. The van der Waals surface area contributed by atoms with Crippen LogP contribution in [0.15, 0.2) is 46.2 Å². The third-order valence-corrected chi connectivity index (χ3v) is 6.71. The van der Waals surface area contributed by atoms with Crippen LogP contribution in [-0.2, 0) is 32.5 Å². The highest BCUT2D eigenvalue weighted by Crippen LogP contribution is 2.17. The number of fused-ring (bicyclic) bond motifs is 1. The van der Waals surface area contributed by atoms with Crippen molar-refractivity contribution in [2.24, 2.45) is 0 Å². The van der Waals surface area contributed by atoms with Gasteiger partial charge in [-0.2, -0.15) is 0 Å². The van der Waals surface area contributed by atoms with Gasteiger partial charge in [-0.25, -0.2) is 14.2 Å². The first-order chi connectivity index (χ1) is 18.3. The summed E-state index contributed by atoms with van der Waals surface area (Å²) in [5.74, 6) is 0.214. The molecule has 4 rings (SSSR count). The molecule has 0 aliphatic carbocycles. The number of halogens is 1. The number of hydrogen-bond acceptors (Lipinski definition) is 6. The summed E-state index contributed by atoms with van der Waals surface area (Å²) >= 11 is 0. The van der Waals surface area contributed by atoms with Gasteiger partial charge in [-0.3, -0.25) is 13.9 Å². The molecule has 10 nitrogen and oxygen atoms in total. The number of nitrogens with one attached hydrogen (secondary N) is 2. The van der Waals surface area contributed by atoms with E-state index in [9.17, 15) is 19.1 Å². The van der Waals surface area contributed by atoms with E-state index in [-0.39, 0.29) is 25.1 Å². The summed E-state index contributed by atoms with van der Waals surface area (Å²) in [7, 11) is 0. The Labute approximate surface area is 219 Å². The third-order valence-electron chi connectivity index (χ3n) is 6.71. The maximum atomic E-state index is 14.5. The lowest BCUT2D eigenvalue weighted by molar-refractivity contribution is 0.167. The molecular formula is C27H36FN7O3. The molecule has 1 aromatic carbocycles. The first-order valence-electron chi connectivity index (χ1n) is 13.1. The zero-order chi connectivity index (χ0) is 27.2. The highest BCUT2D eigenvalue weighted by atomic mass is 19.1. The number of nitrogens with zero attached hydrogens (tertiary/aromatic N) is 4. The Kier molecular flexibility index (Phi) is 8.80. The molecule has 0 aliphatic heterocycles. The number of benzene rings is 1. The number of aromatic amines is 1. The number of anilines is 1. The minimum atomic E-state index is -0.456. The molecule has 3 heterocycles. The van der Waals surface area contributed by atoms with Gasteiger partial charge in [0.25, 0.3) is 5.56 Å². The average Bonchev–Trinajstić information content (AvgIpc) is 3.53. The Balaban J connectivity index is 1.80. The molecule has 0 saturated heterocycles. The number of nitrogen functional groups attached to an aromatic ring is 1. The Morgan fingerprint density at radius 1 is 1.13 bits per heavy atom. The van der Waals surface area contributed by atoms with E-state index in [1.807, 2.05) is 36.9 Å². The smallest absolute Gasteiger partial charge is 0.332 e. The topological polar surface area (TPSA) is 136 Å². The maximum absolute atomic E-state index is 14.5. The normalized spacial score (nSPS) is 12.4. The van der Waals surface area contributed by atoms with Crippen LogP contribution in [0.4, 0.5) is 10.1 Å². The quantitative estimate of drug-likeness (QED) is 0.156. The predicted molar refractivity (Wildman–Crippen MR) is 146 cm³/mol. The van der Waals surface area contributed by atoms with Crippen LogP contribution in [0.2, 0.25) is 0 Å². The van der Waals surface area contributed by atoms with E-state index in [4.69, 9.17) is 10.7 Å². The maximum Gasteiger partial charge on any atom is 0.332 e. The highest BCUT2D eigenvalue weighted by molar-refractivity contribution is 5.71. The molecule has 5 N–H and O–H groups in total. The Morgan fingerprint density at radius 2 is 1.95 bits per heavy atom. The lowest BCUT2D eigenvalue weighted by Gasteiger charge is -2.14. The van der Waals surface area contributed by atoms with Crippen molar-refractivity contribution < 1.29 is 9.50 Å². The molecular weight excluding hydrogens is 489 g/mol. The van der Waals surface area contributed by atoms with Crippen molar-refractivity contribution in [1.29, 1.82) is 0 Å². The largest absolute Gasteiger partial charge is 0.399 e. The minimum Gasteiger partial charge on any atom is -0.399 e. The van der Waals surface area contributed by atoms with E-state index < -0.39 is 17.6 Å². The van der Waals surface area contributed by atoms with Crippen LogP contribution in [0.3, 0.4) is 0 Å². The summed E-state index contributed by atoms with van der Waals surface area (Å²) in [4.78, 5) is 34.9. The van der Waals surface area contributed by atoms with Crippen LogP contribution in [0.1, 0.15) is 43.6 Å². The Bertz CT molecular complexity index is 1490. The van der Waals surface area contributed by atoms with Gasteiger partial charge in [0.1, 0.15) is 11.6 Å². The van der Waals surface area contributed by atoms with Crippen LogP contribution in [0, 0.1) is 5.82 Å². The minimum absolute atomic E-state index is 0.154. The van der Waals surface area contributed by atoms with Crippen molar-refractivity contribution in [1.82, 2.24) is 29.0 Å². The zero-order valence-corrected chi connectivity index (χ0v) is 21.9. The predicted octanol–water partition coefficient (Wildman–Crippen LogP) is 2.01. The van der Waals surface area contributed by atoms with Crippen molar-refractivity contribution >= 4 is 16.9 Å². The van der Waals surface area contributed by atoms with Gasteiger partial charge in [-0.05, 0) is 48.6 Å². The summed E-state index contributed by atoms with van der Waals surface area (Å²) in [6.07, 6.45) is 5.18. The van der Waals surface area contributed by atoms with Gasteiger partial charge in [0.05, 0.1) is 6.10 Å². The standard InChI is InChI=1S/C27H36FN7O3/c1-3-11-35-26(37)24-25(34(27(35)38)12-8-19-5-6-20(29)15-22(19)28)32-23(14-18-7-9-30-16-18)33(24)13-10-31-17-21(36)4-2/h5-7,9,15-16,21,30-31,36H,3-4,8,10-14,17,29H2,1-2H3. The highest BCUT2D eigenvalue weighted by Gasteiger charge is 2.22. The lowest BCUT2D eigenvalue weighted by atomic mass is 10.1. The number of H-pyrrole nitrogens is 1. The first kappa shape index (κ1) is 27.3. The van der Waals surface area contributed by atoms with E-state index >= 15 is 0 Å². The number of aryl methyl sites for hydroxylation is 2. The molecule has 38 heavy (non-hydrogen) atoms.